The number of hydrogen-bond acceptors (Lipinski definition) is 2. The topological polar surface area (TPSA) is 58.6 Å². The second-order valence-corrected chi connectivity index (χ2v) is 5.97. The molecule has 0 amide bonds. The van der Waals surface area contributed by atoms with E-state index < -0.39 is 17.7 Å². The van der Waals surface area contributed by atoms with E-state index in [4.69, 9.17) is 9.84 Å². The van der Waals surface area contributed by atoms with Gasteiger partial charge < -0.3 is 15.2 Å². The molecule has 0 fully saturated rings. The van der Waals surface area contributed by atoms with Crippen LogP contribution in [0, 0.1) is 0 Å². The first-order chi connectivity index (χ1) is 11.8. The molecule has 0 aliphatic carbocycles. The van der Waals surface area contributed by atoms with Crippen molar-refractivity contribution in [3.05, 3.63) is 59.2 Å². The van der Waals surface area contributed by atoms with Crippen LogP contribution in [-0.2, 0) is 11.9 Å². The molecule has 0 radical (unpaired) electrons. The summed E-state index contributed by atoms with van der Waals surface area (Å²) < 4.78 is 42.6. The molecule has 0 aromatic heterocycles. The SMILES string of the molecule is COc1ccc(C(=O)O)c(NC=[SH]Cc2ccc(C(F)(F)F)cc2)c1. The summed E-state index contributed by atoms with van der Waals surface area (Å²) in [4.78, 5) is 11.2. The Morgan fingerprint density at radius 1 is 1.24 bits per heavy atom. The minimum Gasteiger partial charge on any atom is -0.497 e. The van der Waals surface area contributed by atoms with E-state index in [1.165, 1.54) is 25.3 Å². The lowest BCUT2D eigenvalue weighted by molar-refractivity contribution is -0.137. The van der Waals surface area contributed by atoms with Crippen molar-refractivity contribution in [2.75, 3.05) is 12.4 Å². The maximum atomic E-state index is 12.5. The number of alkyl halides is 3. The van der Waals surface area contributed by atoms with Gasteiger partial charge in [-0.2, -0.15) is 24.5 Å². The van der Waals surface area contributed by atoms with Crippen molar-refractivity contribution in [2.45, 2.75) is 11.9 Å². The summed E-state index contributed by atoms with van der Waals surface area (Å²) in [7, 11) is 1.48. The third kappa shape index (κ3) is 5.25. The summed E-state index contributed by atoms with van der Waals surface area (Å²) in [5, 5.41) is 12.1. The molecule has 4 nitrogen and oxygen atoms in total. The second kappa shape index (κ2) is 8.06. The van der Waals surface area contributed by atoms with Crippen LogP contribution in [0.25, 0.3) is 0 Å². The zero-order valence-corrected chi connectivity index (χ0v) is 14.1. The van der Waals surface area contributed by atoms with E-state index in [9.17, 15) is 18.0 Å². The average molecular weight is 371 g/mol. The van der Waals surface area contributed by atoms with Crippen LogP contribution < -0.4 is 10.1 Å². The molecule has 0 bridgehead atoms. The molecule has 0 atom stereocenters. The molecule has 134 valence electrons. The molecule has 0 spiro atoms. The lowest BCUT2D eigenvalue weighted by Crippen LogP contribution is -2.05. The first-order valence-corrected chi connectivity index (χ1v) is 8.28. The van der Waals surface area contributed by atoms with Gasteiger partial charge in [0.15, 0.2) is 0 Å². The van der Waals surface area contributed by atoms with Crippen LogP contribution in [0.1, 0.15) is 21.5 Å². The van der Waals surface area contributed by atoms with Gasteiger partial charge in [-0.3, -0.25) is 0 Å². The standard InChI is InChI=1S/C17H16F3NO3S/c1-24-13-6-7-14(16(22)23)15(8-13)21-10-25-9-11-2-4-12(5-3-11)17(18,19)20/h2-8,10,21,25H,9H2,1H3,(H,22,23). The first kappa shape index (κ1) is 18.9. The van der Waals surface area contributed by atoms with Gasteiger partial charge >= 0.3 is 12.1 Å². The van der Waals surface area contributed by atoms with Gasteiger partial charge in [0, 0.05) is 17.3 Å². The highest BCUT2D eigenvalue weighted by Crippen LogP contribution is 2.29. The maximum Gasteiger partial charge on any atom is 0.416 e. The van der Waals surface area contributed by atoms with Crippen molar-refractivity contribution in [3.8, 4) is 5.75 Å². The molecular weight excluding hydrogens is 355 g/mol. The number of carbonyl (C=O) groups is 1. The fourth-order valence-electron chi connectivity index (χ4n) is 2.02. The van der Waals surface area contributed by atoms with Crippen molar-refractivity contribution in [3.63, 3.8) is 0 Å². The largest absolute Gasteiger partial charge is 0.497 e. The molecule has 0 heterocycles. The number of thiol groups is 1. The number of benzene rings is 2. The number of nitrogens with one attached hydrogen (secondary N) is 1. The number of aromatic carboxylic acids is 1. The molecule has 0 saturated heterocycles. The number of halogens is 3. The summed E-state index contributed by atoms with van der Waals surface area (Å²) in [5.41, 5.74) is 2.18. The first-order valence-electron chi connectivity index (χ1n) is 7.13. The number of carboxylic acid groups (broad SMARTS) is 1. The van der Waals surface area contributed by atoms with Gasteiger partial charge in [-0.05, 0) is 29.8 Å². The van der Waals surface area contributed by atoms with E-state index in [0.717, 1.165) is 29.0 Å². The summed E-state index contributed by atoms with van der Waals surface area (Å²) in [6.45, 7) is 0. The Labute approximate surface area is 146 Å². The van der Waals surface area contributed by atoms with Crippen LogP contribution >= 0.6 is 11.4 Å². The van der Waals surface area contributed by atoms with E-state index >= 15 is 0 Å². The fraction of sp³-hybridized carbons (Fsp3) is 0.176. The Bertz CT molecular complexity index is 774. The second-order valence-electron chi connectivity index (χ2n) is 5.03. The quantitative estimate of drug-likeness (QED) is 0.525. The lowest BCUT2D eigenvalue weighted by atomic mass is 10.1. The molecule has 2 aromatic carbocycles. The highest BCUT2D eigenvalue weighted by Gasteiger charge is 2.29. The molecule has 0 aliphatic rings. The van der Waals surface area contributed by atoms with Crippen LogP contribution in [-0.4, -0.2) is 23.7 Å². The predicted octanol–water partition coefficient (Wildman–Crippen LogP) is 4.25. The normalized spacial score (nSPS) is 11.8. The summed E-state index contributed by atoms with van der Waals surface area (Å²) in [6, 6.07) is 9.49. The Kier molecular flexibility index (Phi) is 6.08. The number of anilines is 1. The molecule has 0 unspecified atom stereocenters. The molecule has 2 N–H and O–H groups in total. The van der Waals surface area contributed by atoms with Crippen molar-refractivity contribution in [2.24, 2.45) is 0 Å². The van der Waals surface area contributed by atoms with Gasteiger partial charge in [0.1, 0.15) is 5.75 Å². The van der Waals surface area contributed by atoms with Crippen LogP contribution in [0.3, 0.4) is 0 Å². The number of methoxy groups -OCH3 is 1. The summed E-state index contributed by atoms with van der Waals surface area (Å²) in [5.74, 6) is -0.0596. The van der Waals surface area contributed by atoms with E-state index in [1.54, 1.807) is 17.6 Å². The summed E-state index contributed by atoms with van der Waals surface area (Å²) >= 11 is 0.776. The molecule has 0 aliphatic heterocycles. The van der Waals surface area contributed by atoms with Gasteiger partial charge in [-0.15, -0.1) is 0 Å². The van der Waals surface area contributed by atoms with Crippen LogP contribution in [0.5, 0.6) is 5.75 Å². The molecule has 0 saturated carbocycles. The Hall–Kier alpha value is -2.48. The minimum absolute atomic E-state index is 0.0989. The van der Waals surface area contributed by atoms with Crippen molar-refractivity contribution < 1.29 is 27.8 Å². The van der Waals surface area contributed by atoms with E-state index in [-0.39, 0.29) is 5.56 Å². The molecule has 25 heavy (non-hydrogen) atoms. The third-order valence-corrected chi connectivity index (χ3v) is 4.18. The van der Waals surface area contributed by atoms with Crippen LogP contribution in [0.4, 0.5) is 18.9 Å². The maximum absolute atomic E-state index is 12.5. The van der Waals surface area contributed by atoms with Gasteiger partial charge in [0.25, 0.3) is 0 Å². The van der Waals surface area contributed by atoms with E-state index in [1.807, 2.05) is 0 Å². The van der Waals surface area contributed by atoms with E-state index in [0.29, 0.717) is 17.2 Å². The molecule has 2 aromatic rings. The number of rotatable bonds is 6. The number of ether oxygens (including phenoxy) is 1. The lowest BCUT2D eigenvalue weighted by Gasteiger charge is -2.08. The number of carboxylic acids is 1. The fourth-order valence-corrected chi connectivity index (χ4v) is 2.76. The van der Waals surface area contributed by atoms with Gasteiger partial charge in [-0.25, -0.2) is 4.79 Å². The highest BCUT2D eigenvalue weighted by atomic mass is 32.1. The Balaban J connectivity index is 2.03. The van der Waals surface area contributed by atoms with Crippen LogP contribution in [0.2, 0.25) is 0 Å². The van der Waals surface area contributed by atoms with Crippen molar-refractivity contribution >= 4 is 28.5 Å². The van der Waals surface area contributed by atoms with Crippen molar-refractivity contribution in [1.29, 1.82) is 0 Å². The highest BCUT2D eigenvalue weighted by molar-refractivity contribution is 7.96. The van der Waals surface area contributed by atoms with Gasteiger partial charge in [-0.1, -0.05) is 12.1 Å². The Morgan fingerprint density at radius 2 is 1.92 bits per heavy atom. The van der Waals surface area contributed by atoms with Gasteiger partial charge in [0.05, 0.1) is 23.9 Å². The molecule has 2 rings (SSSR count). The number of hydrogen-bond donors (Lipinski definition) is 3. The average Bonchev–Trinajstić information content (AvgIpc) is 2.58. The zero-order chi connectivity index (χ0) is 18.4. The summed E-state index contributed by atoms with van der Waals surface area (Å²) in [6.07, 6.45) is -4.34. The van der Waals surface area contributed by atoms with Gasteiger partial charge in [0.2, 0.25) is 0 Å². The minimum atomic E-state index is -4.34. The monoisotopic (exact) mass is 371 g/mol. The Morgan fingerprint density at radius 3 is 2.48 bits per heavy atom. The smallest absolute Gasteiger partial charge is 0.416 e. The molecular formula is C17H16F3NO3S. The third-order valence-electron chi connectivity index (χ3n) is 3.32. The van der Waals surface area contributed by atoms with Crippen LogP contribution in [0.15, 0.2) is 42.5 Å². The molecule has 8 heteroatoms. The predicted molar refractivity (Wildman–Crippen MR) is 93.8 cm³/mol. The van der Waals surface area contributed by atoms with E-state index in [2.05, 4.69) is 5.32 Å². The van der Waals surface area contributed by atoms with Crippen molar-refractivity contribution in [1.82, 2.24) is 0 Å². The zero-order valence-electron chi connectivity index (χ0n) is 13.2.